The zero-order chi connectivity index (χ0) is 14.5. The van der Waals surface area contributed by atoms with E-state index in [1.54, 1.807) is 32.2 Å². The predicted molar refractivity (Wildman–Crippen MR) is 77.0 cm³/mol. The minimum Gasteiger partial charge on any atom is -0.508 e. The van der Waals surface area contributed by atoms with Crippen LogP contribution >= 0.6 is 0 Å². The highest BCUT2D eigenvalue weighted by Gasteiger charge is 2.10. The molecule has 104 valence electrons. The normalized spacial score (nSPS) is 10.1. The smallest absolute Gasteiger partial charge is 0.251 e. The van der Waals surface area contributed by atoms with Crippen LogP contribution in [0, 0.1) is 6.92 Å². The summed E-state index contributed by atoms with van der Waals surface area (Å²) in [5.74, 6) is 0.709. The first-order chi connectivity index (χ1) is 9.61. The summed E-state index contributed by atoms with van der Waals surface area (Å²) in [4.78, 5) is 12.1. The molecule has 0 saturated carbocycles. The summed E-state index contributed by atoms with van der Waals surface area (Å²) in [6, 6.07) is 12.4. The SMILES string of the molecule is COc1ccc(CNC(=O)c2cccc(O)c2C)cc1. The van der Waals surface area contributed by atoms with Crippen molar-refractivity contribution in [3.05, 3.63) is 59.2 Å². The molecule has 0 radical (unpaired) electrons. The number of hydrogen-bond donors (Lipinski definition) is 2. The fourth-order valence-electron chi connectivity index (χ4n) is 1.89. The summed E-state index contributed by atoms with van der Waals surface area (Å²) < 4.78 is 5.08. The van der Waals surface area contributed by atoms with Crippen molar-refractivity contribution in [2.45, 2.75) is 13.5 Å². The number of ether oxygens (including phenoxy) is 1. The molecule has 2 aromatic rings. The number of nitrogens with one attached hydrogen (secondary N) is 1. The summed E-state index contributed by atoms with van der Waals surface area (Å²) in [6.07, 6.45) is 0. The van der Waals surface area contributed by atoms with Gasteiger partial charge in [0, 0.05) is 17.7 Å². The molecule has 0 aliphatic heterocycles. The fourth-order valence-corrected chi connectivity index (χ4v) is 1.89. The third-order valence-corrected chi connectivity index (χ3v) is 3.16. The lowest BCUT2D eigenvalue weighted by molar-refractivity contribution is 0.0950. The molecule has 2 aromatic carbocycles. The Hall–Kier alpha value is -2.49. The van der Waals surface area contributed by atoms with E-state index < -0.39 is 0 Å². The van der Waals surface area contributed by atoms with Gasteiger partial charge in [-0.1, -0.05) is 18.2 Å². The molecule has 0 unspecified atom stereocenters. The Morgan fingerprint density at radius 1 is 1.20 bits per heavy atom. The van der Waals surface area contributed by atoms with Crippen LogP contribution in [-0.2, 0) is 6.54 Å². The van der Waals surface area contributed by atoms with Crippen LogP contribution in [-0.4, -0.2) is 18.1 Å². The molecule has 0 saturated heterocycles. The standard InChI is InChI=1S/C16H17NO3/c1-11-14(4-3-5-15(11)18)16(19)17-10-12-6-8-13(20-2)9-7-12/h3-9,18H,10H2,1-2H3,(H,17,19). The molecule has 0 heterocycles. The molecule has 1 amide bonds. The van der Waals surface area contributed by atoms with Gasteiger partial charge in [0.05, 0.1) is 7.11 Å². The molecule has 2 rings (SSSR count). The van der Waals surface area contributed by atoms with E-state index >= 15 is 0 Å². The first-order valence-corrected chi connectivity index (χ1v) is 6.31. The van der Waals surface area contributed by atoms with E-state index in [0.29, 0.717) is 17.7 Å². The van der Waals surface area contributed by atoms with Gasteiger partial charge in [-0.3, -0.25) is 4.79 Å². The largest absolute Gasteiger partial charge is 0.508 e. The quantitative estimate of drug-likeness (QED) is 0.898. The minimum absolute atomic E-state index is 0.127. The summed E-state index contributed by atoms with van der Waals surface area (Å²) in [6.45, 7) is 2.15. The summed E-state index contributed by atoms with van der Waals surface area (Å²) >= 11 is 0. The minimum atomic E-state index is -0.200. The van der Waals surface area contributed by atoms with Crippen molar-refractivity contribution in [2.75, 3.05) is 7.11 Å². The number of rotatable bonds is 4. The summed E-state index contributed by atoms with van der Waals surface area (Å²) in [7, 11) is 1.61. The van der Waals surface area contributed by atoms with E-state index in [1.165, 1.54) is 0 Å². The number of phenolic OH excluding ortho intramolecular Hbond substituents is 1. The Morgan fingerprint density at radius 3 is 2.55 bits per heavy atom. The molecule has 0 aliphatic rings. The van der Waals surface area contributed by atoms with Crippen molar-refractivity contribution < 1.29 is 14.6 Å². The number of carbonyl (C=O) groups is 1. The zero-order valence-electron chi connectivity index (χ0n) is 11.5. The first-order valence-electron chi connectivity index (χ1n) is 6.31. The Balaban J connectivity index is 2.02. The Kier molecular flexibility index (Phi) is 4.25. The van der Waals surface area contributed by atoms with Crippen LogP contribution in [0.15, 0.2) is 42.5 Å². The number of methoxy groups -OCH3 is 1. The van der Waals surface area contributed by atoms with Crippen molar-refractivity contribution in [3.63, 3.8) is 0 Å². The maximum atomic E-state index is 12.1. The predicted octanol–water partition coefficient (Wildman–Crippen LogP) is 2.64. The monoisotopic (exact) mass is 271 g/mol. The van der Waals surface area contributed by atoms with Crippen LogP contribution in [0.25, 0.3) is 0 Å². The second kappa shape index (κ2) is 6.10. The second-order valence-corrected chi connectivity index (χ2v) is 4.48. The molecule has 4 heteroatoms. The number of carbonyl (C=O) groups excluding carboxylic acids is 1. The highest BCUT2D eigenvalue weighted by atomic mass is 16.5. The summed E-state index contributed by atoms with van der Waals surface area (Å²) in [5, 5.41) is 12.4. The maximum Gasteiger partial charge on any atom is 0.251 e. The van der Waals surface area contributed by atoms with Crippen molar-refractivity contribution >= 4 is 5.91 Å². The maximum absolute atomic E-state index is 12.1. The number of hydrogen-bond acceptors (Lipinski definition) is 3. The average molecular weight is 271 g/mol. The van der Waals surface area contributed by atoms with Crippen LogP contribution in [0.5, 0.6) is 11.5 Å². The van der Waals surface area contributed by atoms with Gasteiger partial charge >= 0.3 is 0 Å². The highest BCUT2D eigenvalue weighted by Crippen LogP contribution is 2.19. The number of phenols is 1. The van der Waals surface area contributed by atoms with E-state index in [2.05, 4.69) is 5.32 Å². The van der Waals surface area contributed by atoms with Gasteiger partial charge < -0.3 is 15.2 Å². The molecular formula is C16H17NO3. The molecule has 0 atom stereocenters. The van der Waals surface area contributed by atoms with Crippen LogP contribution < -0.4 is 10.1 Å². The topological polar surface area (TPSA) is 58.6 Å². The van der Waals surface area contributed by atoms with Gasteiger partial charge in [0.15, 0.2) is 0 Å². The lowest BCUT2D eigenvalue weighted by Crippen LogP contribution is -2.23. The summed E-state index contributed by atoms with van der Waals surface area (Å²) in [5.41, 5.74) is 2.05. The van der Waals surface area contributed by atoms with Crippen molar-refractivity contribution in [1.82, 2.24) is 5.32 Å². The highest BCUT2D eigenvalue weighted by molar-refractivity contribution is 5.96. The molecule has 0 fully saturated rings. The lowest BCUT2D eigenvalue weighted by atomic mass is 10.1. The van der Waals surface area contributed by atoms with Gasteiger partial charge in [-0.15, -0.1) is 0 Å². The molecule has 4 nitrogen and oxygen atoms in total. The number of benzene rings is 2. The van der Waals surface area contributed by atoms with Crippen molar-refractivity contribution in [2.24, 2.45) is 0 Å². The Morgan fingerprint density at radius 2 is 1.90 bits per heavy atom. The van der Waals surface area contributed by atoms with Gasteiger partial charge in [-0.25, -0.2) is 0 Å². The van der Waals surface area contributed by atoms with E-state index in [0.717, 1.165) is 11.3 Å². The van der Waals surface area contributed by atoms with Crippen LogP contribution in [0.1, 0.15) is 21.5 Å². The number of amides is 1. The zero-order valence-corrected chi connectivity index (χ0v) is 11.5. The van der Waals surface area contributed by atoms with E-state index in [9.17, 15) is 9.90 Å². The third kappa shape index (κ3) is 3.09. The molecule has 20 heavy (non-hydrogen) atoms. The van der Waals surface area contributed by atoms with Crippen molar-refractivity contribution in [3.8, 4) is 11.5 Å². The van der Waals surface area contributed by atoms with Crippen LogP contribution in [0.2, 0.25) is 0 Å². The van der Waals surface area contributed by atoms with Crippen LogP contribution in [0.4, 0.5) is 0 Å². The second-order valence-electron chi connectivity index (χ2n) is 4.48. The van der Waals surface area contributed by atoms with Crippen LogP contribution in [0.3, 0.4) is 0 Å². The number of aromatic hydroxyl groups is 1. The van der Waals surface area contributed by atoms with E-state index in [4.69, 9.17) is 4.74 Å². The van der Waals surface area contributed by atoms with Gasteiger partial charge in [-0.05, 0) is 36.8 Å². The third-order valence-electron chi connectivity index (χ3n) is 3.16. The lowest BCUT2D eigenvalue weighted by Gasteiger charge is -2.09. The van der Waals surface area contributed by atoms with Gasteiger partial charge in [0.2, 0.25) is 0 Å². The fraction of sp³-hybridized carbons (Fsp3) is 0.188. The molecule has 0 aliphatic carbocycles. The van der Waals surface area contributed by atoms with Gasteiger partial charge in [0.25, 0.3) is 5.91 Å². The van der Waals surface area contributed by atoms with E-state index in [1.807, 2.05) is 24.3 Å². The first kappa shape index (κ1) is 13.9. The Bertz CT molecular complexity index is 606. The van der Waals surface area contributed by atoms with Gasteiger partial charge in [0.1, 0.15) is 11.5 Å². The van der Waals surface area contributed by atoms with Gasteiger partial charge in [-0.2, -0.15) is 0 Å². The van der Waals surface area contributed by atoms with E-state index in [-0.39, 0.29) is 11.7 Å². The molecule has 0 aromatic heterocycles. The molecule has 0 spiro atoms. The Labute approximate surface area is 118 Å². The molecule has 0 bridgehead atoms. The van der Waals surface area contributed by atoms with Crippen molar-refractivity contribution in [1.29, 1.82) is 0 Å². The molecular weight excluding hydrogens is 254 g/mol. The molecule has 2 N–H and O–H groups in total. The average Bonchev–Trinajstić information content (AvgIpc) is 2.48.